The molecule has 0 saturated carbocycles. The van der Waals surface area contributed by atoms with Crippen molar-refractivity contribution in [1.29, 1.82) is 0 Å². The third kappa shape index (κ3) is 1.56. The molecule has 0 N–H and O–H groups in total. The van der Waals surface area contributed by atoms with Crippen LogP contribution in [0.5, 0.6) is 5.75 Å². The Morgan fingerprint density at radius 2 is 1.94 bits per heavy atom. The lowest BCUT2D eigenvalue weighted by molar-refractivity contribution is 0.0989. The highest BCUT2D eigenvalue weighted by Crippen LogP contribution is 2.30. The Kier molecular flexibility index (Phi) is 2.33. The summed E-state index contributed by atoms with van der Waals surface area (Å²) in [6, 6.07) is 11.5. The molecule has 0 radical (unpaired) electrons. The average Bonchev–Trinajstić information content (AvgIpc) is 2.82. The highest BCUT2D eigenvalue weighted by Gasteiger charge is 2.10. The summed E-state index contributed by atoms with van der Waals surface area (Å²) in [5.41, 5.74) is 0.734. The Balaban J connectivity index is 2.34. The standard InChI is InChI=1S/C15H12O3/c1-9(16)15-8-13-12-5-4-11(17-2)7-10(12)3-6-14(13)18-15/h3-8H,1-2H3. The van der Waals surface area contributed by atoms with Gasteiger partial charge in [0.25, 0.3) is 0 Å². The molecule has 0 fully saturated rings. The predicted molar refractivity (Wildman–Crippen MR) is 70.3 cm³/mol. The fourth-order valence-electron chi connectivity index (χ4n) is 2.13. The van der Waals surface area contributed by atoms with E-state index in [0.717, 1.165) is 27.5 Å². The second-order valence-electron chi connectivity index (χ2n) is 4.23. The summed E-state index contributed by atoms with van der Waals surface area (Å²) in [5, 5.41) is 3.09. The molecule has 0 aliphatic heterocycles. The van der Waals surface area contributed by atoms with Crippen LogP contribution in [0.1, 0.15) is 17.5 Å². The number of methoxy groups -OCH3 is 1. The van der Waals surface area contributed by atoms with Crippen LogP contribution in [-0.4, -0.2) is 12.9 Å². The van der Waals surface area contributed by atoms with Crippen LogP contribution in [0.15, 0.2) is 40.8 Å². The second-order valence-corrected chi connectivity index (χ2v) is 4.23. The van der Waals surface area contributed by atoms with Gasteiger partial charge in [0.2, 0.25) is 0 Å². The van der Waals surface area contributed by atoms with Gasteiger partial charge in [0, 0.05) is 12.3 Å². The Bertz CT molecular complexity index is 753. The lowest BCUT2D eigenvalue weighted by atomic mass is 10.1. The quantitative estimate of drug-likeness (QED) is 0.639. The van der Waals surface area contributed by atoms with Crippen molar-refractivity contribution >= 4 is 27.5 Å². The van der Waals surface area contributed by atoms with Crippen LogP contribution >= 0.6 is 0 Å². The highest BCUT2D eigenvalue weighted by atomic mass is 16.5. The molecular formula is C15H12O3. The van der Waals surface area contributed by atoms with E-state index in [1.165, 1.54) is 6.92 Å². The second kappa shape index (κ2) is 3.88. The van der Waals surface area contributed by atoms with Gasteiger partial charge in [0.05, 0.1) is 7.11 Å². The minimum Gasteiger partial charge on any atom is -0.497 e. The van der Waals surface area contributed by atoms with Crippen LogP contribution in [0.3, 0.4) is 0 Å². The molecule has 3 heteroatoms. The van der Waals surface area contributed by atoms with Crippen molar-refractivity contribution in [2.24, 2.45) is 0 Å². The zero-order valence-corrected chi connectivity index (χ0v) is 10.2. The van der Waals surface area contributed by atoms with Gasteiger partial charge in [-0.2, -0.15) is 0 Å². The third-order valence-corrected chi connectivity index (χ3v) is 3.07. The number of carbonyl (C=O) groups excluding carboxylic acids is 1. The summed E-state index contributed by atoms with van der Waals surface area (Å²) in [7, 11) is 1.64. The van der Waals surface area contributed by atoms with Gasteiger partial charge in [-0.05, 0) is 41.1 Å². The summed E-state index contributed by atoms with van der Waals surface area (Å²) < 4.78 is 10.7. The topological polar surface area (TPSA) is 39.4 Å². The first kappa shape index (κ1) is 10.8. The van der Waals surface area contributed by atoms with Crippen molar-refractivity contribution < 1.29 is 13.9 Å². The van der Waals surface area contributed by atoms with E-state index in [1.54, 1.807) is 13.2 Å². The van der Waals surface area contributed by atoms with Crippen LogP contribution in [0, 0.1) is 0 Å². The normalized spacial score (nSPS) is 11.0. The largest absolute Gasteiger partial charge is 0.497 e. The van der Waals surface area contributed by atoms with Gasteiger partial charge in [0.15, 0.2) is 11.5 Å². The summed E-state index contributed by atoms with van der Waals surface area (Å²) in [6.07, 6.45) is 0. The molecule has 0 atom stereocenters. The molecule has 0 aliphatic carbocycles. The minimum atomic E-state index is -0.0622. The van der Waals surface area contributed by atoms with Crippen LogP contribution in [0.4, 0.5) is 0 Å². The van der Waals surface area contributed by atoms with E-state index in [-0.39, 0.29) is 5.78 Å². The van der Waals surface area contributed by atoms with Crippen LogP contribution in [-0.2, 0) is 0 Å². The third-order valence-electron chi connectivity index (χ3n) is 3.07. The number of hydrogen-bond acceptors (Lipinski definition) is 3. The van der Waals surface area contributed by atoms with E-state index in [4.69, 9.17) is 9.15 Å². The van der Waals surface area contributed by atoms with E-state index in [9.17, 15) is 4.79 Å². The summed E-state index contributed by atoms with van der Waals surface area (Å²) >= 11 is 0. The molecule has 90 valence electrons. The van der Waals surface area contributed by atoms with Gasteiger partial charge >= 0.3 is 0 Å². The smallest absolute Gasteiger partial charge is 0.194 e. The number of ketones is 1. The SMILES string of the molecule is COc1ccc2c(ccc3oc(C(C)=O)cc32)c1. The molecule has 1 aromatic heterocycles. The van der Waals surface area contributed by atoms with Crippen molar-refractivity contribution in [3.8, 4) is 5.75 Å². The molecule has 0 bridgehead atoms. The predicted octanol–water partition coefficient (Wildman–Crippen LogP) is 3.80. The van der Waals surface area contributed by atoms with Gasteiger partial charge in [0.1, 0.15) is 11.3 Å². The van der Waals surface area contributed by atoms with Crippen LogP contribution in [0.2, 0.25) is 0 Å². The number of carbonyl (C=O) groups is 1. The summed E-state index contributed by atoms with van der Waals surface area (Å²) in [6.45, 7) is 1.50. The molecule has 3 nitrogen and oxygen atoms in total. The van der Waals surface area contributed by atoms with E-state index < -0.39 is 0 Å². The molecular weight excluding hydrogens is 228 g/mol. The van der Waals surface area contributed by atoms with E-state index >= 15 is 0 Å². The zero-order valence-electron chi connectivity index (χ0n) is 10.2. The fraction of sp³-hybridized carbons (Fsp3) is 0.133. The number of hydrogen-bond donors (Lipinski definition) is 0. The van der Waals surface area contributed by atoms with Gasteiger partial charge in [-0.1, -0.05) is 6.07 Å². The summed E-state index contributed by atoms with van der Waals surface area (Å²) in [5.74, 6) is 1.15. The van der Waals surface area contributed by atoms with Crippen molar-refractivity contribution in [2.45, 2.75) is 6.92 Å². The highest BCUT2D eigenvalue weighted by molar-refractivity contribution is 6.08. The van der Waals surface area contributed by atoms with Crippen molar-refractivity contribution in [3.63, 3.8) is 0 Å². The van der Waals surface area contributed by atoms with E-state index in [1.807, 2.05) is 30.3 Å². The molecule has 3 aromatic rings. The Labute approximate surface area is 104 Å². The maximum Gasteiger partial charge on any atom is 0.194 e. The van der Waals surface area contributed by atoms with Crippen molar-refractivity contribution in [1.82, 2.24) is 0 Å². The number of ether oxygens (including phenoxy) is 1. The van der Waals surface area contributed by atoms with Crippen LogP contribution in [0.25, 0.3) is 21.7 Å². The molecule has 0 amide bonds. The fourth-order valence-corrected chi connectivity index (χ4v) is 2.13. The Morgan fingerprint density at radius 3 is 2.67 bits per heavy atom. The minimum absolute atomic E-state index is 0.0622. The molecule has 0 saturated heterocycles. The summed E-state index contributed by atoms with van der Waals surface area (Å²) in [4.78, 5) is 11.3. The molecule has 0 unspecified atom stereocenters. The van der Waals surface area contributed by atoms with Crippen molar-refractivity contribution in [3.05, 3.63) is 42.2 Å². The molecule has 0 spiro atoms. The molecule has 1 heterocycles. The first-order valence-corrected chi connectivity index (χ1v) is 5.70. The van der Waals surface area contributed by atoms with Gasteiger partial charge in [-0.25, -0.2) is 0 Å². The van der Waals surface area contributed by atoms with Gasteiger partial charge < -0.3 is 9.15 Å². The molecule has 0 aliphatic rings. The number of rotatable bonds is 2. The first-order chi connectivity index (χ1) is 8.69. The van der Waals surface area contributed by atoms with Gasteiger partial charge in [-0.3, -0.25) is 4.79 Å². The van der Waals surface area contributed by atoms with Gasteiger partial charge in [-0.15, -0.1) is 0 Å². The van der Waals surface area contributed by atoms with Crippen LogP contribution < -0.4 is 4.74 Å². The average molecular weight is 240 g/mol. The molecule has 3 rings (SSSR count). The van der Waals surface area contributed by atoms with E-state index in [2.05, 4.69) is 0 Å². The lowest BCUT2D eigenvalue weighted by Gasteiger charge is -2.02. The Morgan fingerprint density at radius 1 is 1.11 bits per heavy atom. The molecule has 2 aromatic carbocycles. The lowest BCUT2D eigenvalue weighted by Crippen LogP contribution is -1.85. The Hall–Kier alpha value is -2.29. The number of benzene rings is 2. The number of fused-ring (bicyclic) bond motifs is 3. The maximum absolute atomic E-state index is 11.3. The first-order valence-electron chi connectivity index (χ1n) is 5.70. The van der Waals surface area contributed by atoms with E-state index in [0.29, 0.717) is 5.76 Å². The van der Waals surface area contributed by atoms with Crippen molar-refractivity contribution in [2.75, 3.05) is 7.11 Å². The number of furan rings is 1. The zero-order chi connectivity index (χ0) is 12.7. The number of Topliss-reactive ketones (excluding diaryl/α,β-unsaturated/α-hetero) is 1. The maximum atomic E-state index is 11.3. The monoisotopic (exact) mass is 240 g/mol. The molecule has 18 heavy (non-hydrogen) atoms.